The second-order valence-corrected chi connectivity index (χ2v) is 3.95. The van der Waals surface area contributed by atoms with E-state index >= 15 is 0 Å². The van der Waals surface area contributed by atoms with Crippen molar-refractivity contribution < 1.29 is 5.11 Å². The van der Waals surface area contributed by atoms with E-state index in [1.807, 2.05) is 6.07 Å². The maximum absolute atomic E-state index is 8.93. The lowest BCUT2D eigenvalue weighted by Gasteiger charge is -2.16. The molecule has 1 aromatic rings. The normalized spacial score (nSPS) is 12.2. The molecule has 0 amide bonds. The monoisotopic (exact) mass is 238 g/mol. The molecular weight excluding hydrogens is 216 g/mol. The zero-order valence-corrected chi connectivity index (χ0v) is 10.6. The summed E-state index contributed by atoms with van der Waals surface area (Å²) in [6, 6.07) is 2.10. The predicted octanol–water partition coefficient (Wildman–Crippen LogP) is 1.87. The van der Waals surface area contributed by atoms with Gasteiger partial charge in [0.1, 0.15) is 5.82 Å². The van der Waals surface area contributed by atoms with Gasteiger partial charge in [-0.3, -0.25) is 0 Å². The van der Waals surface area contributed by atoms with Gasteiger partial charge in [-0.1, -0.05) is 13.8 Å². The van der Waals surface area contributed by atoms with E-state index in [2.05, 4.69) is 34.4 Å². The zero-order valence-electron chi connectivity index (χ0n) is 10.6. The predicted molar refractivity (Wildman–Crippen MR) is 70.2 cm³/mol. The lowest BCUT2D eigenvalue weighted by atomic mass is 10.1. The first-order chi connectivity index (χ1) is 8.30. The number of nitrogens with one attached hydrogen (secondary N) is 2. The van der Waals surface area contributed by atoms with Gasteiger partial charge in [0, 0.05) is 25.4 Å². The minimum absolute atomic E-state index is 0.192. The fourth-order valence-corrected chi connectivity index (χ4v) is 1.50. The molecule has 3 N–H and O–H groups in total. The Hall–Kier alpha value is -1.36. The molecule has 0 aliphatic heterocycles. The maximum atomic E-state index is 8.93. The summed E-state index contributed by atoms with van der Waals surface area (Å²) in [5.74, 6) is 1.45. The molecule has 5 nitrogen and oxygen atoms in total. The standard InChI is InChI=1S/C12H22N4O/c1-3-7-13-12-14-8-5-11(16-12)15-10(4-2)6-9-17/h5,8,10,17H,3-4,6-7,9H2,1-2H3,(H2,13,14,15,16). The van der Waals surface area contributed by atoms with E-state index in [1.54, 1.807) is 6.20 Å². The highest BCUT2D eigenvalue weighted by molar-refractivity contribution is 5.40. The molecule has 0 saturated heterocycles. The van der Waals surface area contributed by atoms with E-state index < -0.39 is 0 Å². The summed E-state index contributed by atoms with van der Waals surface area (Å²) in [7, 11) is 0. The van der Waals surface area contributed by atoms with Gasteiger partial charge < -0.3 is 15.7 Å². The van der Waals surface area contributed by atoms with Crippen LogP contribution in [0.2, 0.25) is 0 Å². The topological polar surface area (TPSA) is 70.1 Å². The number of hydrogen-bond donors (Lipinski definition) is 3. The van der Waals surface area contributed by atoms with Gasteiger partial charge in [-0.2, -0.15) is 4.98 Å². The number of nitrogens with zero attached hydrogens (tertiary/aromatic N) is 2. The highest BCUT2D eigenvalue weighted by Crippen LogP contribution is 2.10. The Bertz CT molecular complexity index is 319. The second-order valence-electron chi connectivity index (χ2n) is 3.95. The minimum Gasteiger partial charge on any atom is -0.396 e. The molecule has 1 atom stereocenters. The molecule has 1 unspecified atom stereocenters. The van der Waals surface area contributed by atoms with E-state index in [1.165, 1.54) is 0 Å². The number of aliphatic hydroxyl groups excluding tert-OH is 1. The molecule has 1 aromatic heterocycles. The maximum Gasteiger partial charge on any atom is 0.224 e. The number of hydrogen-bond acceptors (Lipinski definition) is 5. The van der Waals surface area contributed by atoms with E-state index in [-0.39, 0.29) is 12.6 Å². The fraction of sp³-hybridized carbons (Fsp3) is 0.667. The third kappa shape index (κ3) is 4.99. The Morgan fingerprint density at radius 3 is 2.88 bits per heavy atom. The summed E-state index contributed by atoms with van der Waals surface area (Å²) >= 11 is 0. The van der Waals surface area contributed by atoms with Gasteiger partial charge in [-0.25, -0.2) is 4.98 Å². The Morgan fingerprint density at radius 1 is 1.41 bits per heavy atom. The molecule has 0 aliphatic carbocycles. The van der Waals surface area contributed by atoms with Crippen LogP contribution in [0.25, 0.3) is 0 Å². The smallest absolute Gasteiger partial charge is 0.224 e. The van der Waals surface area contributed by atoms with Crippen LogP contribution >= 0.6 is 0 Å². The van der Waals surface area contributed by atoms with E-state index in [4.69, 9.17) is 5.11 Å². The summed E-state index contributed by atoms with van der Waals surface area (Å²) in [6.45, 7) is 5.25. The molecule has 1 heterocycles. The summed E-state index contributed by atoms with van der Waals surface area (Å²) in [5, 5.41) is 15.4. The van der Waals surface area contributed by atoms with Crippen molar-refractivity contribution in [1.82, 2.24) is 9.97 Å². The van der Waals surface area contributed by atoms with E-state index in [0.29, 0.717) is 5.95 Å². The van der Waals surface area contributed by atoms with Crippen molar-refractivity contribution in [2.75, 3.05) is 23.8 Å². The van der Waals surface area contributed by atoms with Gasteiger partial charge in [0.05, 0.1) is 0 Å². The molecule has 0 fully saturated rings. The average molecular weight is 238 g/mol. The van der Waals surface area contributed by atoms with Crippen molar-refractivity contribution >= 4 is 11.8 Å². The van der Waals surface area contributed by atoms with Gasteiger partial charge in [0.25, 0.3) is 0 Å². The minimum atomic E-state index is 0.192. The number of anilines is 2. The van der Waals surface area contributed by atoms with Crippen LogP contribution in [0, 0.1) is 0 Å². The largest absolute Gasteiger partial charge is 0.396 e. The molecule has 1 rings (SSSR count). The molecular formula is C12H22N4O. The van der Waals surface area contributed by atoms with Gasteiger partial charge >= 0.3 is 0 Å². The lowest BCUT2D eigenvalue weighted by molar-refractivity contribution is 0.278. The van der Waals surface area contributed by atoms with Crippen LogP contribution in [0.4, 0.5) is 11.8 Å². The number of aliphatic hydroxyl groups is 1. The third-order valence-corrected chi connectivity index (χ3v) is 2.51. The van der Waals surface area contributed by atoms with Crippen LogP contribution in [0.5, 0.6) is 0 Å². The highest BCUT2D eigenvalue weighted by atomic mass is 16.3. The van der Waals surface area contributed by atoms with Crippen LogP contribution in [0.3, 0.4) is 0 Å². The first-order valence-electron chi connectivity index (χ1n) is 6.24. The van der Waals surface area contributed by atoms with Crippen LogP contribution in [-0.2, 0) is 0 Å². The van der Waals surface area contributed by atoms with Crippen LogP contribution < -0.4 is 10.6 Å². The molecule has 0 aromatic carbocycles. The van der Waals surface area contributed by atoms with Gasteiger partial charge in [-0.15, -0.1) is 0 Å². The molecule has 0 spiro atoms. The number of aromatic nitrogens is 2. The average Bonchev–Trinajstić information content (AvgIpc) is 2.36. The van der Waals surface area contributed by atoms with Gasteiger partial charge in [0.2, 0.25) is 5.95 Å². The molecule has 17 heavy (non-hydrogen) atoms. The van der Waals surface area contributed by atoms with Crippen molar-refractivity contribution in [2.45, 2.75) is 39.2 Å². The van der Waals surface area contributed by atoms with Crippen molar-refractivity contribution in [2.24, 2.45) is 0 Å². The van der Waals surface area contributed by atoms with Crippen molar-refractivity contribution in [3.63, 3.8) is 0 Å². The first kappa shape index (κ1) is 13.7. The summed E-state index contributed by atoms with van der Waals surface area (Å²) in [6.07, 6.45) is 4.47. The van der Waals surface area contributed by atoms with Crippen LogP contribution in [0.1, 0.15) is 33.1 Å². The Labute approximate surface area is 103 Å². The summed E-state index contributed by atoms with van der Waals surface area (Å²) in [5.41, 5.74) is 0. The van der Waals surface area contributed by atoms with Crippen molar-refractivity contribution in [3.05, 3.63) is 12.3 Å². The van der Waals surface area contributed by atoms with E-state index in [0.717, 1.165) is 31.6 Å². The molecule has 0 aliphatic rings. The van der Waals surface area contributed by atoms with Gasteiger partial charge in [0.15, 0.2) is 0 Å². The Morgan fingerprint density at radius 2 is 2.24 bits per heavy atom. The molecule has 0 radical (unpaired) electrons. The summed E-state index contributed by atoms with van der Waals surface area (Å²) in [4.78, 5) is 8.51. The highest BCUT2D eigenvalue weighted by Gasteiger charge is 2.06. The number of rotatable bonds is 8. The van der Waals surface area contributed by atoms with E-state index in [9.17, 15) is 0 Å². The zero-order chi connectivity index (χ0) is 12.5. The summed E-state index contributed by atoms with van der Waals surface area (Å²) < 4.78 is 0. The molecule has 0 bridgehead atoms. The first-order valence-corrected chi connectivity index (χ1v) is 6.24. The SMILES string of the molecule is CCCNc1nccc(NC(CC)CCO)n1. The molecule has 96 valence electrons. The van der Waals surface area contributed by atoms with Crippen LogP contribution in [0.15, 0.2) is 12.3 Å². The Kier molecular flexibility index (Phi) is 6.32. The third-order valence-electron chi connectivity index (χ3n) is 2.51. The van der Waals surface area contributed by atoms with Gasteiger partial charge in [-0.05, 0) is 25.3 Å². The molecule has 0 saturated carbocycles. The van der Waals surface area contributed by atoms with Crippen LogP contribution in [-0.4, -0.2) is 34.3 Å². The fourth-order valence-electron chi connectivity index (χ4n) is 1.50. The van der Waals surface area contributed by atoms with Crippen molar-refractivity contribution in [3.8, 4) is 0 Å². The lowest BCUT2D eigenvalue weighted by Crippen LogP contribution is -2.20. The quantitative estimate of drug-likeness (QED) is 0.645. The second kappa shape index (κ2) is 7.84. The van der Waals surface area contributed by atoms with Crippen molar-refractivity contribution in [1.29, 1.82) is 0 Å². The Balaban J connectivity index is 2.57. The molecule has 5 heteroatoms.